The Morgan fingerprint density at radius 3 is 0.872 bits per heavy atom. The molecule has 9 nitrogen and oxygen atoms in total. The van der Waals surface area contributed by atoms with Gasteiger partial charge in [-0.25, -0.2) is 0 Å². The molecule has 584 valence electrons. The average Bonchev–Trinajstić information content (AvgIpc) is 0.856. The van der Waals surface area contributed by atoms with Crippen molar-refractivity contribution in [1.82, 2.24) is 0 Å². The third kappa shape index (κ3) is 43.3. The normalized spacial score (nSPS) is 10.1. The van der Waals surface area contributed by atoms with Crippen LogP contribution in [0.1, 0.15) is 305 Å². The lowest BCUT2D eigenvalue weighted by molar-refractivity contribution is 0.837. The lowest BCUT2D eigenvalue weighted by Gasteiger charge is -2.11. The van der Waals surface area contributed by atoms with Crippen LogP contribution in [0, 0.1) is 41.5 Å². The van der Waals surface area contributed by atoms with E-state index in [0.29, 0.717) is 72.3 Å². The lowest BCUT2D eigenvalue weighted by Crippen LogP contribution is -1.95. The van der Waals surface area contributed by atoms with Crippen molar-refractivity contribution < 1.29 is 0 Å². The van der Waals surface area contributed by atoms with E-state index in [2.05, 4.69) is 379 Å². The Bertz CT molecular complexity index is 4040. The first-order valence-electron chi connectivity index (χ1n) is 38.6. The summed E-state index contributed by atoms with van der Waals surface area (Å²) in [5, 5.41) is 11.7. The van der Waals surface area contributed by atoms with Gasteiger partial charge in [-0.05, 0) is 190 Å². The van der Waals surface area contributed by atoms with Gasteiger partial charge in [0, 0.05) is 25.4 Å². The number of halogens is 1. The van der Waals surface area contributed by atoms with Crippen LogP contribution in [0.4, 0.5) is 5.69 Å². The first kappa shape index (κ1) is 99.4. The molecule has 10 heteroatoms. The Balaban J connectivity index is 0.00000119. The molecule has 0 heterocycles. The molecule has 0 aromatic heterocycles. The number of hydrogen-bond acceptors (Lipinski definition) is 3. The zero-order valence-corrected chi connectivity index (χ0v) is 71.4. The molecule has 10 aromatic carbocycles. The first-order valence-corrected chi connectivity index (χ1v) is 39.0. The average molecular weight is 1490 g/mol. The van der Waals surface area contributed by atoms with Crippen molar-refractivity contribution >= 4 is 17.3 Å². The molecule has 0 spiro atoms. The molecule has 0 unspecified atom stereocenters. The second-order valence-corrected chi connectivity index (χ2v) is 30.9. The molecule has 0 aliphatic heterocycles. The van der Waals surface area contributed by atoms with Crippen molar-refractivity contribution in [3.63, 3.8) is 0 Å². The summed E-state index contributed by atoms with van der Waals surface area (Å²) in [5.41, 5.74) is 49.1. The molecule has 10 rings (SSSR count). The van der Waals surface area contributed by atoms with Crippen LogP contribution in [0.15, 0.2) is 258 Å². The largest absolute Gasteiger partial charge is 0.0893 e. The number of hydrogen-bond donors (Lipinski definition) is 0. The minimum Gasteiger partial charge on any atom is -0.0893 e. The maximum absolute atomic E-state index is 8.28. The van der Waals surface area contributed by atoms with E-state index in [9.17, 15) is 0 Å². The van der Waals surface area contributed by atoms with Crippen molar-refractivity contribution in [1.29, 1.82) is 0 Å². The van der Waals surface area contributed by atoms with Crippen molar-refractivity contribution in [2.24, 2.45) is 15.3 Å². The number of benzene rings is 10. The number of rotatable bonds is 15. The second-order valence-electron chi connectivity index (χ2n) is 30.5. The standard InChI is InChI=1S/C11H15N3.C10H13N3.5C10H14.C9H11Cl.C9H11N3.C9H12.CH4/c1-8(2)11-5-4-9(3)6-10(11)7-13-14-12;1-8(2)10-6-4-3-5-9(10)7-12-13-11;1-8(2)10-6-4-9(3)5-7-10;4*1-8(2)10-6-4-5-9(3)7-10;1-7(2)8-5-3-4-6-9(8)10;1-7(2)8-5-3-4-6-9(8)11-12-10;1-8(2)9-6-4-3-5-7-9;/h4-6,8H,7H2,1-3H3;3-6,8H,7H2,1-2H3;5*4-8H,1-3H3;3-7H,1-2H3;3-7H,1-2H3;3-8H,1-2H3;1H4. The van der Waals surface area contributed by atoms with Crippen molar-refractivity contribution in [2.75, 3.05) is 0 Å². The van der Waals surface area contributed by atoms with Crippen LogP contribution in [0.2, 0.25) is 5.02 Å². The summed E-state index contributed by atoms with van der Waals surface area (Å²) in [6.07, 6.45) is 0. The van der Waals surface area contributed by atoms with Gasteiger partial charge in [-0.2, -0.15) is 0 Å². The molecule has 10 aromatic rings. The lowest BCUT2D eigenvalue weighted by atomic mass is 9.96. The van der Waals surface area contributed by atoms with Crippen molar-refractivity contribution in [3.05, 3.63) is 379 Å². The maximum Gasteiger partial charge on any atom is 0.0513 e. The van der Waals surface area contributed by atoms with Crippen LogP contribution < -0.4 is 0 Å². The van der Waals surface area contributed by atoms with Gasteiger partial charge in [-0.3, -0.25) is 0 Å². The van der Waals surface area contributed by atoms with Crippen LogP contribution >= 0.6 is 11.6 Å². The smallest absolute Gasteiger partial charge is 0.0513 e. The number of azide groups is 3. The van der Waals surface area contributed by atoms with E-state index in [1.807, 2.05) is 73.7 Å². The second kappa shape index (κ2) is 56.6. The molecule has 0 saturated carbocycles. The SMILES string of the molecule is C.CC(C)c1ccccc1.CC(C)c1ccccc1CN=[N+]=[N-].CC(C)c1ccccc1Cl.CC(C)c1ccccc1N=[N+]=[N-].Cc1ccc(C(C)C)c(CN=[N+]=[N-])c1.Cc1ccc(C(C)C)cc1.Cc1cccc(C(C)C)c1.Cc1cccc(C(C)C)c1.Cc1cccc(C(C)C)c1.Cc1cccc(C(C)C)c1. The molecular formula is C99H136ClN9. The minimum absolute atomic E-state index is 0. The highest BCUT2D eigenvalue weighted by Gasteiger charge is 2.08. The van der Waals surface area contributed by atoms with Crippen LogP contribution in [-0.4, -0.2) is 0 Å². The Hall–Kier alpha value is -9.58. The van der Waals surface area contributed by atoms with Crippen molar-refractivity contribution in [2.45, 2.75) is 260 Å². The minimum atomic E-state index is 0. The molecule has 0 aliphatic carbocycles. The summed E-state index contributed by atoms with van der Waals surface area (Å²) in [4.78, 5) is 8.32. The highest BCUT2D eigenvalue weighted by Crippen LogP contribution is 2.28. The van der Waals surface area contributed by atoms with Crippen LogP contribution in [0.3, 0.4) is 0 Å². The maximum atomic E-state index is 8.28. The number of nitrogens with zero attached hydrogens (tertiary/aromatic N) is 9. The zero-order valence-electron chi connectivity index (χ0n) is 70.7. The summed E-state index contributed by atoms with van der Waals surface area (Å²) < 4.78 is 0. The van der Waals surface area contributed by atoms with Crippen LogP contribution in [0.5, 0.6) is 0 Å². The molecule has 0 aliphatic rings. The molecule has 109 heavy (non-hydrogen) atoms. The van der Waals surface area contributed by atoms with Gasteiger partial charge < -0.3 is 0 Å². The monoisotopic (exact) mass is 1490 g/mol. The van der Waals surface area contributed by atoms with Gasteiger partial charge in [-0.15, -0.1) is 0 Å². The Morgan fingerprint density at radius 2 is 0.550 bits per heavy atom. The quantitative estimate of drug-likeness (QED) is 0.0547. The molecule has 0 amide bonds. The van der Waals surface area contributed by atoms with E-state index in [-0.39, 0.29) is 7.43 Å². The van der Waals surface area contributed by atoms with Gasteiger partial charge in [0.1, 0.15) is 0 Å². The van der Waals surface area contributed by atoms with Gasteiger partial charge in [0.05, 0.1) is 13.1 Å². The highest BCUT2D eigenvalue weighted by molar-refractivity contribution is 6.31. The van der Waals surface area contributed by atoms with Gasteiger partial charge in [-0.1, -0.05) is 443 Å². The fraction of sp³-hybridized carbons (Fsp3) is 0.394. The third-order valence-electron chi connectivity index (χ3n) is 17.5. The zero-order chi connectivity index (χ0) is 81.3. The highest BCUT2D eigenvalue weighted by atomic mass is 35.5. The Labute approximate surface area is 667 Å². The van der Waals surface area contributed by atoms with Gasteiger partial charge >= 0.3 is 0 Å². The number of aryl methyl sites for hydroxylation is 6. The fourth-order valence-corrected chi connectivity index (χ4v) is 11.2. The molecular weight excluding hydrogens is 1350 g/mol. The van der Waals surface area contributed by atoms with E-state index < -0.39 is 0 Å². The molecule has 0 bridgehead atoms. The summed E-state index contributed by atoms with van der Waals surface area (Å²) >= 11 is 5.92. The fourth-order valence-electron chi connectivity index (χ4n) is 10.9. The topological polar surface area (TPSA) is 146 Å². The molecule has 0 saturated heterocycles. The Kier molecular flexibility index (Phi) is 51.7. The molecule has 0 fully saturated rings. The van der Waals surface area contributed by atoms with E-state index in [1.54, 1.807) is 0 Å². The Morgan fingerprint density at radius 1 is 0.257 bits per heavy atom. The van der Waals surface area contributed by atoms with Gasteiger partial charge in [0.15, 0.2) is 0 Å². The third-order valence-corrected chi connectivity index (χ3v) is 17.8. The summed E-state index contributed by atoms with van der Waals surface area (Å²) in [7, 11) is 0. The van der Waals surface area contributed by atoms with E-state index in [4.69, 9.17) is 28.2 Å². The molecule has 0 radical (unpaired) electrons. The van der Waals surface area contributed by atoms with Gasteiger partial charge in [0.2, 0.25) is 0 Å². The summed E-state index contributed by atoms with van der Waals surface area (Å²) in [5.74, 6) is 5.79. The molecule has 0 atom stereocenters. The predicted molar refractivity (Wildman–Crippen MR) is 480 cm³/mol. The van der Waals surface area contributed by atoms with E-state index >= 15 is 0 Å². The summed E-state index contributed by atoms with van der Waals surface area (Å²) in [6, 6.07) is 83.8. The van der Waals surface area contributed by atoms with Crippen LogP contribution in [-0.2, 0) is 13.1 Å². The van der Waals surface area contributed by atoms with E-state index in [1.165, 1.54) is 83.5 Å². The predicted octanol–water partition coefficient (Wildman–Crippen LogP) is 33.8. The van der Waals surface area contributed by atoms with Gasteiger partial charge in [0.25, 0.3) is 0 Å². The summed E-state index contributed by atoms with van der Waals surface area (Å²) in [6.45, 7) is 57.1. The van der Waals surface area contributed by atoms with E-state index in [0.717, 1.165) is 27.4 Å². The van der Waals surface area contributed by atoms with Crippen molar-refractivity contribution in [3.8, 4) is 0 Å². The first-order chi connectivity index (χ1) is 51.2. The molecule has 0 N–H and O–H groups in total. The van der Waals surface area contributed by atoms with Crippen LogP contribution in [0.25, 0.3) is 31.3 Å².